The van der Waals surface area contributed by atoms with Crippen LogP contribution in [0, 0.1) is 13.8 Å². The number of amides is 1. The monoisotopic (exact) mass is 487 g/mol. The predicted molar refractivity (Wildman–Crippen MR) is 143 cm³/mol. The Bertz CT molecular complexity index is 1280. The fourth-order valence-corrected chi connectivity index (χ4v) is 4.83. The predicted octanol–water partition coefficient (Wildman–Crippen LogP) is 6.94. The Morgan fingerprint density at radius 3 is 2.26 bits per heavy atom. The maximum Gasteiger partial charge on any atom is 0.271 e. The molecule has 0 aliphatic carbocycles. The molecule has 4 aromatic rings. The second-order valence-electron chi connectivity index (χ2n) is 8.01. The molecule has 34 heavy (non-hydrogen) atoms. The van der Waals surface area contributed by atoms with Gasteiger partial charge >= 0.3 is 0 Å². The Morgan fingerprint density at radius 1 is 0.941 bits per heavy atom. The van der Waals surface area contributed by atoms with Crippen molar-refractivity contribution < 1.29 is 4.79 Å². The van der Waals surface area contributed by atoms with Gasteiger partial charge in [-0.15, -0.1) is 0 Å². The molecule has 1 heterocycles. The van der Waals surface area contributed by atoms with Crippen LogP contribution in [0.15, 0.2) is 90.0 Å². The largest absolute Gasteiger partial charge is 0.318 e. The van der Waals surface area contributed by atoms with E-state index in [1.54, 1.807) is 6.21 Å². The van der Waals surface area contributed by atoms with Crippen molar-refractivity contribution in [3.8, 4) is 5.69 Å². The molecule has 172 valence electrons. The van der Waals surface area contributed by atoms with Crippen LogP contribution in [0.25, 0.3) is 5.69 Å². The second kappa shape index (κ2) is 11.2. The van der Waals surface area contributed by atoms with Gasteiger partial charge in [0.15, 0.2) is 0 Å². The average Bonchev–Trinajstić information content (AvgIpc) is 3.13. The number of aromatic nitrogens is 1. The highest BCUT2D eigenvalue weighted by Crippen LogP contribution is 2.21. The summed E-state index contributed by atoms with van der Waals surface area (Å²) in [6, 6.07) is 27.8. The quantitative estimate of drug-likeness (QED) is 0.216. The SMILES string of the molecule is Cc1cc(/C=N\NC(=O)c2ccc(CSCc3ccccc3)cc2)c(C)n1-c1ccc(Cl)cc1. The molecule has 6 heteroatoms. The van der Waals surface area contributed by atoms with Crippen LogP contribution in [0.1, 0.15) is 38.4 Å². The Hall–Kier alpha value is -3.28. The number of carbonyl (C=O) groups excluding carboxylic acids is 1. The first-order chi connectivity index (χ1) is 16.5. The molecule has 0 radical (unpaired) electrons. The molecule has 0 atom stereocenters. The molecule has 0 aliphatic heterocycles. The molecule has 0 unspecified atom stereocenters. The molecule has 1 amide bonds. The first-order valence-electron chi connectivity index (χ1n) is 11.0. The van der Waals surface area contributed by atoms with Gasteiger partial charge in [-0.05, 0) is 67.4 Å². The summed E-state index contributed by atoms with van der Waals surface area (Å²) < 4.78 is 2.13. The normalized spacial score (nSPS) is 11.1. The molecule has 4 nitrogen and oxygen atoms in total. The molecule has 0 saturated carbocycles. The zero-order valence-electron chi connectivity index (χ0n) is 19.2. The molecule has 1 N–H and O–H groups in total. The van der Waals surface area contributed by atoms with E-state index in [-0.39, 0.29) is 5.91 Å². The number of rotatable bonds is 8. The average molecular weight is 488 g/mol. The van der Waals surface area contributed by atoms with Crippen molar-refractivity contribution in [1.29, 1.82) is 0 Å². The van der Waals surface area contributed by atoms with Crippen LogP contribution in [0.4, 0.5) is 0 Å². The van der Waals surface area contributed by atoms with E-state index in [1.165, 1.54) is 11.1 Å². The maximum atomic E-state index is 12.5. The minimum atomic E-state index is -0.230. The number of nitrogens with one attached hydrogen (secondary N) is 1. The lowest BCUT2D eigenvalue weighted by molar-refractivity contribution is 0.0955. The van der Waals surface area contributed by atoms with Crippen molar-refractivity contribution in [2.24, 2.45) is 5.10 Å². The van der Waals surface area contributed by atoms with Crippen LogP contribution in [0.5, 0.6) is 0 Å². The third-order valence-corrected chi connectivity index (χ3v) is 6.85. The Balaban J connectivity index is 1.33. The molecular weight excluding hydrogens is 462 g/mol. The van der Waals surface area contributed by atoms with E-state index < -0.39 is 0 Å². The molecule has 0 bridgehead atoms. The number of nitrogens with zero attached hydrogens (tertiary/aromatic N) is 2. The fourth-order valence-electron chi connectivity index (χ4n) is 3.74. The summed E-state index contributed by atoms with van der Waals surface area (Å²) in [5, 5.41) is 4.89. The van der Waals surface area contributed by atoms with Crippen LogP contribution in [-0.4, -0.2) is 16.7 Å². The lowest BCUT2D eigenvalue weighted by Gasteiger charge is -2.09. The van der Waals surface area contributed by atoms with E-state index in [4.69, 9.17) is 11.6 Å². The fraction of sp³-hybridized carbons (Fsp3) is 0.143. The number of hydrogen-bond acceptors (Lipinski definition) is 3. The van der Waals surface area contributed by atoms with Gasteiger partial charge in [0.05, 0.1) is 6.21 Å². The van der Waals surface area contributed by atoms with E-state index in [0.717, 1.165) is 34.1 Å². The lowest BCUT2D eigenvalue weighted by Crippen LogP contribution is -2.17. The summed E-state index contributed by atoms with van der Waals surface area (Å²) in [5.41, 5.74) is 9.81. The number of benzene rings is 3. The van der Waals surface area contributed by atoms with E-state index in [1.807, 2.05) is 86.3 Å². The number of carbonyl (C=O) groups is 1. The van der Waals surface area contributed by atoms with Crippen LogP contribution in [-0.2, 0) is 11.5 Å². The van der Waals surface area contributed by atoms with E-state index in [2.05, 4.69) is 39.4 Å². The Labute approximate surface area is 209 Å². The van der Waals surface area contributed by atoms with Gasteiger partial charge in [-0.2, -0.15) is 16.9 Å². The molecule has 0 saturated heterocycles. The number of hydrogen-bond donors (Lipinski definition) is 1. The number of aryl methyl sites for hydroxylation is 1. The van der Waals surface area contributed by atoms with E-state index in [0.29, 0.717) is 10.6 Å². The van der Waals surface area contributed by atoms with Crippen molar-refractivity contribution in [1.82, 2.24) is 9.99 Å². The highest BCUT2D eigenvalue weighted by atomic mass is 35.5. The highest BCUT2D eigenvalue weighted by Gasteiger charge is 2.10. The number of halogens is 1. The molecule has 0 spiro atoms. The topological polar surface area (TPSA) is 46.4 Å². The van der Waals surface area contributed by atoms with Gasteiger partial charge in [0.1, 0.15) is 0 Å². The van der Waals surface area contributed by atoms with Crippen LogP contribution in [0.3, 0.4) is 0 Å². The maximum absolute atomic E-state index is 12.5. The van der Waals surface area contributed by atoms with Crippen molar-refractivity contribution in [2.45, 2.75) is 25.4 Å². The van der Waals surface area contributed by atoms with E-state index >= 15 is 0 Å². The van der Waals surface area contributed by atoms with Crippen LogP contribution >= 0.6 is 23.4 Å². The standard InChI is InChI=1S/C28H26ClN3OS/c1-20-16-25(21(2)32(20)27-14-12-26(29)13-15-27)17-30-31-28(33)24-10-8-23(9-11-24)19-34-18-22-6-4-3-5-7-22/h3-17H,18-19H2,1-2H3,(H,31,33)/b30-17-. The molecule has 1 aromatic heterocycles. The molecule has 3 aromatic carbocycles. The van der Waals surface area contributed by atoms with Crippen LogP contribution in [0.2, 0.25) is 5.02 Å². The van der Waals surface area contributed by atoms with Gasteiger partial charge < -0.3 is 4.57 Å². The summed E-state index contributed by atoms with van der Waals surface area (Å²) >= 11 is 7.87. The van der Waals surface area contributed by atoms with Crippen molar-refractivity contribution in [3.05, 3.63) is 124 Å². The Morgan fingerprint density at radius 2 is 1.59 bits per heavy atom. The van der Waals surface area contributed by atoms with Crippen molar-refractivity contribution >= 4 is 35.5 Å². The summed E-state index contributed by atoms with van der Waals surface area (Å²) in [7, 11) is 0. The molecule has 0 fully saturated rings. The van der Waals surface area contributed by atoms with E-state index in [9.17, 15) is 4.79 Å². The molecule has 0 aliphatic rings. The Kier molecular flexibility index (Phi) is 7.88. The summed E-state index contributed by atoms with van der Waals surface area (Å²) in [6.45, 7) is 4.07. The second-order valence-corrected chi connectivity index (χ2v) is 9.43. The summed E-state index contributed by atoms with van der Waals surface area (Å²) in [6.07, 6.45) is 1.68. The first kappa shape index (κ1) is 23.9. The molecular formula is C28H26ClN3OS. The van der Waals surface area contributed by atoms with Crippen LogP contribution < -0.4 is 5.43 Å². The van der Waals surface area contributed by atoms with Gasteiger partial charge in [-0.3, -0.25) is 4.79 Å². The van der Waals surface area contributed by atoms with Gasteiger partial charge in [0.25, 0.3) is 5.91 Å². The third-order valence-electron chi connectivity index (χ3n) is 5.52. The van der Waals surface area contributed by atoms with Crippen molar-refractivity contribution in [2.75, 3.05) is 0 Å². The number of thioether (sulfide) groups is 1. The summed E-state index contributed by atoms with van der Waals surface area (Å²) in [4.78, 5) is 12.5. The van der Waals surface area contributed by atoms with Crippen molar-refractivity contribution in [3.63, 3.8) is 0 Å². The first-order valence-corrected chi connectivity index (χ1v) is 12.5. The third kappa shape index (κ3) is 5.99. The van der Waals surface area contributed by atoms with Gasteiger partial charge in [0, 0.05) is 44.7 Å². The smallest absolute Gasteiger partial charge is 0.271 e. The zero-order valence-corrected chi connectivity index (χ0v) is 20.7. The van der Waals surface area contributed by atoms with Gasteiger partial charge in [-0.1, -0.05) is 54.1 Å². The number of hydrazone groups is 1. The zero-order chi connectivity index (χ0) is 23.9. The van der Waals surface area contributed by atoms with Gasteiger partial charge in [-0.25, -0.2) is 5.43 Å². The summed E-state index contributed by atoms with van der Waals surface area (Å²) in [5.74, 6) is 1.64. The minimum absolute atomic E-state index is 0.230. The minimum Gasteiger partial charge on any atom is -0.318 e. The highest BCUT2D eigenvalue weighted by molar-refractivity contribution is 7.97. The lowest BCUT2D eigenvalue weighted by atomic mass is 10.1. The van der Waals surface area contributed by atoms with Gasteiger partial charge in [0.2, 0.25) is 0 Å². The molecule has 4 rings (SSSR count).